The van der Waals surface area contributed by atoms with Crippen LogP contribution in [0.3, 0.4) is 0 Å². The molecule has 1 saturated carbocycles. The number of aliphatic hydroxyl groups is 2. The Labute approximate surface area is 189 Å². The van der Waals surface area contributed by atoms with Crippen LogP contribution in [0, 0.1) is 0 Å². The molecule has 0 spiro atoms. The highest BCUT2D eigenvalue weighted by Gasteiger charge is 2.39. The Hall–Kier alpha value is -1.63. The van der Waals surface area contributed by atoms with Gasteiger partial charge in [0.15, 0.2) is 0 Å². The molecule has 1 atom stereocenters. The van der Waals surface area contributed by atoms with Gasteiger partial charge in [-0.15, -0.1) is 0 Å². The summed E-state index contributed by atoms with van der Waals surface area (Å²) in [6, 6.07) is 17.7. The van der Waals surface area contributed by atoms with Crippen molar-refractivity contribution >= 4 is 11.6 Å². The van der Waals surface area contributed by atoms with Gasteiger partial charge in [0.05, 0.1) is 18.8 Å². The topological polar surface area (TPSA) is 62.2 Å². The van der Waals surface area contributed by atoms with E-state index in [1.54, 1.807) is 24.3 Å². The first kappa shape index (κ1) is 22.6. The molecule has 168 valence electrons. The summed E-state index contributed by atoms with van der Waals surface area (Å²) < 4.78 is 11.5. The molecule has 2 aromatic rings. The Bertz CT molecular complexity index is 823. The van der Waals surface area contributed by atoms with Gasteiger partial charge in [-0.1, -0.05) is 41.9 Å². The lowest BCUT2D eigenvalue weighted by atomic mass is 9.76. The third kappa shape index (κ3) is 6.21. The van der Waals surface area contributed by atoms with E-state index in [9.17, 15) is 10.2 Å². The predicted octanol–water partition coefficient (Wildman–Crippen LogP) is 3.87. The van der Waals surface area contributed by atoms with Gasteiger partial charge in [0.2, 0.25) is 0 Å². The van der Waals surface area contributed by atoms with E-state index < -0.39 is 11.2 Å². The Balaban J connectivity index is 1.32. The van der Waals surface area contributed by atoms with Crippen LogP contribution >= 0.6 is 11.6 Å². The fraction of sp³-hybridized carbons (Fsp3) is 0.520. The van der Waals surface area contributed by atoms with Gasteiger partial charge in [-0.05, 0) is 61.4 Å². The second-order valence-corrected chi connectivity index (χ2v) is 9.58. The number of nitrogens with zero attached hydrogens (tertiary/aromatic N) is 1. The molecule has 2 N–H and O–H groups in total. The molecule has 2 aliphatic rings. The van der Waals surface area contributed by atoms with Crippen molar-refractivity contribution in [1.29, 1.82) is 0 Å². The van der Waals surface area contributed by atoms with E-state index in [1.807, 2.05) is 6.07 Å². The van der Waals surface area contributed by atoms with Crippen LogP contribution in [-0.2, 0) is 4.74 Å². The Morgan fingerprint density at radius 1 is 1.00 bits per heavy atom. The Kier molecular flexibility index (Phi) is 7.19. The lowest BCUT2D eigenvalue weighted by Crippen LogP contribution is -2.53. The summed E-state index contributed by atoms with van der Waals surface area (Å²) in [7, 11) is 0. The number of β-amino-alcohol motifs (C(OH)–C–C–N with tert-alkyl or cyclic N) is 2. The lowest BCUT2D eigenvalue weighted by molar-refractivity contribution is -0.0766. The van der Waals surface area contributed by atoms with Crippen LogP contribution in [0.5, 0.6) is 5.75 Å². The first-order chi connectivity index (χ1) is 14.9. The minimum Gasteiger partial charge on any atom is -0.490 e. The number of hydrogen-bond donors (Lipinski definition) is 2. The molecule has 1 aliphatic carbocycles. The van der Waals surface area contributed by atoms with Gasteiger partial charge in [-0.25, -0.2) is 0 Å². The third-order valence-electron chi connectivity index (χ3n) is 6.47. The summed E-state index contributed by atoms with van der Waals surface area (Å²) in [5.41, 5.74) is -0.497. The van der Waals surface area contributed by atoms with Crippen molar-refractivity contribution in [1.82, 2.24) is 4.90 Å². The highest BCUT2D eigenvalue weighted by Crippen LogP contribution is 2.38. The molecule has 5 nitrogen and oxygen atoms in total. The molecule has 0 radical (unpaired) electrons. The quantitative estimate of drug-likeness (QED) is 0.706. The van der Waals surface area contributed by atoms with Gasteiger partial charge in [-0.3, -0.25) is 4.90 Å². The van der Waals surface area contributed by atoms with E-state index in [-0.39, 0.29) is 13.2 Å². The molecule has 4 rings (SSSR count). The predicted molar refractivity (Wildman–Crippen MR) is 122 cm³/mol. The van der Waals surface area contributed by atoms with Gasteiger partial charge in [0.25, 0.3) is 0 Å². The fourth-order valence-electron chi connectivity index (χ4n) is 4.76. The van der Waals surface area contributed by atoms with E-state index in [1.165, 1.54) is 5.56 Å². The number of hydrogen-bond acceptors (Lipinski definition) is 5. The standard InChI is InChI=1S/C25H32ClNO4/c26-22-6-8-23(9-7-22)31-19-25(29)17-27(14-15-30-18-25)16-24(28)12-10-21(11-13-24)20-4-2-1-3-5-20/h1-9,21,28-29H,10-19H2/t21?,24?,25-/m0/s1. The van der Waals surface area contributed by atoms with Crippen molar-refractivity contribution in [2.45, 2.75) is 42.8 Å². The van der Waals surface area contributed by atoms with Crippen molar-refractivity contribution < 1.29 is 19.7 Å². The van der Waals surface area contributed by atoms with Crippen LogP contribution in [0.25, 0.3) is 0 Å². The highest BCUT2D eigenvalue weighted by atomic mass is 35.5. The molecule has 1 aliphatic heterocycles. The van der Waals surface area contributed by atoms with Crippen LogP contribution < -0.4 is 4.74 Å². The van der Waals surface area contributed by atoms with Crippen LogP contribution in [0.2, 0.25) is 5.02 Å². The minimum absolute atomic E-state index is 0.125. The summed E-state index contributed by atoms with van der Waals surface area (Å²) >= 11 is 5.92. The van der Waals surface area contributed by atoms with Crippen molar-refractivity contribution in [2.75, 3.05) is 39.5 Å². The summed E-state index contributed by atoms with van der Waals surface area (Å²) in [5, 5.41) is 23.1. The second kappa shape index (κ2) is 9.88. The minimum atomic E-state index is -1.13. The maximum absolute atomic E-state index is 11.3. The van der Waals surface area contributed by atoms with Gasteiger partial charge < -0.3 is 19.7 Å². The molecule has 6 heteroatoms. The number of halogens is 1. The SMILES string of the molecule is OC1(CN2CCOC[C@](O)(COc3ccc(Cl)cc3)C2)CCC(c2ccccc2)CC1. The zero-order valence-corrected chi connectivity index (χ0v) is 18.6. The second-order valence-electron chi connectivity index (χ2n) is 9.14. The van der Waals surface area contributed by atoms with Crippen molar-refractivity contribution in [3.8, 4) is 5.75 Å². The van der Waals surface area contributed by atoms with Crippen LogP contribution in [0.4, 0.5) is 0 Å². The number of rotatable bonds is 6. The molecular formula is C25H32ClNO4. The van der Waals surface area contributed by atoms with Gasteiger partial charge >= 0.3 is 0 Å². The Morgan fingerprint density at radius 2 is 1.71 bits per heavy atom. The molecule has 2 fully saturated rings. The third-order valence-corrected chi connectivity index (χ3v) is 6.72. The Morgan fingerprint density at radius 3 is 2.42 bits per heavy atom. The van der Waals surface area contributed by atoms with Gasteiger partial charge in [0.1, 0.15) is 18.0 Å². The van der Waals surface area contributed by atoms with E-state index in [0.717, 1.165) is 25.7 Å². The summed E-state index contributed by atoms with van der Waals surface area (Å²) in [6.07, 6.45) is 3.50. The maximum atomic E-state index is 11.3. The molecule has 1 heterocycles. The van der Waals surface area contributed by atoms with Crippen molar-refractivity contribution in [3.05, 3.63) is 65.2 Å². The molecule has 1 saturated heterocycles. The molecule has 0 aromatic heterocycles. The summed E-state index contributed by atoms with van der Waals surface area (Å²) in [4.78, 5) is 2.13. The number of benzene rings is 2. The average molecular weight is 446 g/mol. The van der Waals surface area contributed by atoms with Gasteiger partial charge in [0, 0.05) is 24.7 Å². The average Bonchev–Trinajstić information content (AvgIpc) is 2.95. The van der Waals surface area contributed by atoms with Crippen LogP contribution in [-0.4, -0.2) is 65.8 Å². The molecule has 0 unspecified atom stereocenters. The highest BCUT2D eigenvalue weighted by molar-refractivity contribution is 6.30. The number of ether oxygens (including phenoxy) is 2. The van der Waals surface area contributed by atoms with E-state index in [2.05, 4.69) is 29.2 Å². The van der Waals surface area contributed by atoms with E-state index in [4.69, 9.17) is 21.1 Å². The lowest BCUT2D eigenvalue weighted by Gasteiger charge is -2.40. The monoisotopic (exact) mass is 445 g/mol. The largest absolute Gasteiger partial charge is 0.490 e. The zero-order valence-electron chi connectivity index (χ0n) is 17.9. The van der Waals surface area contributed by atoms with Crippen LogP contribution in [0.1, 0.15) is 37.2 Å². The van der Waals surface area contributed by atoms with Crippen molar-refractivity contribution in [2.24, 2.45) is 0 Å². The molecule has 0 bridgehead atoms. The molecule has 0 amide bonds. The van der Waals surface area contributed by atoms with Gasteiger partial charge in [-0.2, -0.15) is 0 Å². The first-order valence-electron chi connectivity index (χ1n) is 11.1. The molecule has 31 heavy (non-hydrogen) atoms. The van der Waals surface area contributed by atoms with Crippen molar-refractivity contribution in [3.63, 3.8) is 0 Å². The molecular weight excluding hydrogens is 414 g/mol. The molecule has 2 aromatic carbocycles. The summed E-state index contributed by atoms with van der Waals surface area (Å²) in [6.45, 7) is 2.51. The normalized spacial score (nSPS) is 30.0. The van der Waals surface area contributed by atoms with E-state index >= 15 is 0 Å². The maximum Gasteiger partial charge on any atom is 0.134 e. The van der Waals surface area contributed by atoms with Crippen LogP contribution in [0.15, 0.2) is 54.6 Å². The smallest absolute Gasteiger partial charge is 0.134 e. The van der Waals surface area contributed by atoms with E-state index in [0.29, 0.717) is 42.9 Å². The fourth-order valence-corrected chi connectivity index (χ4v) is 4.88. The summed E-state index contributed by atoms with van der Waals surface area (Å²) in [5.74, 6) is 1.17. The first-order valence-corrected chi connectivity index (χ1v) is 11.5. The zero-order chi connectivity index (χ0) is 21.7.